The smallest absolute Gasteiger partial charge is 0.147 e. The molecule has 1 atom stereocenters. The van der Waals surface area contributed by atoms with Gasteiger partial charge in [-0.3, -0.25) is 0 Å². The predicted octanol–water partition coefficient (Wildman–Crippen LogP) is 5.81. The summed E-state index contributed by atoms with van der Waals surface area (Å²) < 4.78 is 2.11. The third kappa shape index (κ3) is 2.63. The molecule has 3 aromatic carbocycles. The van der Waals surface area contributed by atoms with Crippen LogP contribution in [0, 0.1) is 13.8 Å². The first-order chi connectivity index (χ1) is 13.2. The minimum absolute atomic E-state index is 0.00729. The molecule has 0 bridgehead atoms. The predicted molar refractivity (Wildman–Crippen MR) is 111 cm³/mol. The molecule has 132 valence electrons. The van der Waals surface area contributed by atoms with Crippen molar-refractivity contribution in [1.29, 1.82) is 0 Å². The summed E-state index contributed by atoms with van der Waals surface area (Å²) in [6, 6.07) is 27.9. The monoisotopic (exact) mass is 351 g/mol. The summed E-state index contributed by atoms with van der Waals surface area (Å²) >= 11 is 0. The number of hydrogen-bond donors (Lipinski definition) is 1. The Labute approximate surface area is 159 Å². The van der Waals surface area contributed by atoms with E-state index in [2.05, 4.69) is 96.6 Å². The number of nitrogens with zero attached hydrogens (tertiary/aromatic N) is 2. The highest BCUT2D eigenvalue weighted by Crippen LogP contribution is 2.40. The lowest BCUT2D eigenvalue weighted by molar-refractivity contribution is 0.570. The van der Waals surface area contributed by atoms with E-state index in [1.165, 1.54) is 39.2 Å². The quantitative estimate of drug-likeness (QED) is 0.494. The Morgan fingerprint density at radius 1 is 0.815 bits per heavy atom. The maximum absolute atomic E-state index is 4.77. The Balaban J connectivity index is 1.59. The van der Waals surface area contributed by atoms with Crippen molar-refractivity contribution in [1.82, 2.24) is 9.78 Å². The average Bonchev–Trinajstić information content (AvgIpc) is 3.10. The number of nitrogens with one attached hydrogen (secondary N) is 1. The Morgan fingerprint density at radius 2 is 1.56 bits per heavy atom. The van der Waals surface area contributed by atoms with Gasteiger partial charge in [0.15, 0.2) is 0 Å². The second-order valence-corrected chi connectivity index (χ2v) is 7.15. The molecule has 0 unspecified atom stereocenters. The van der Waals surface area contributed by atoms with E-state index < -0.39 is 0 Å². The first-order valence-electron chi connectivity index (χ1n) is 9.29. The number of hydrogen-bond acceptors (Lipinski definition) is 2. The fourth-order valence-corrected chi connectivity index (χ4v) is 3.90. The van der Waals surface area contributed by atoms with E-state index in [0.29, 0.717) is 0 Å². The normalized spacial score (nSPS) is 15.0. The molecule has 0 amide bonds. The largest absolute Gasteiger partial charge is 0.359 e. The second-order valence-electron chi connectivity index (χ2n) is 7.15. The van der Waals surface area contributed by atoms with Crippen LogP contribution in [0.15, 0.2) is 78.9 Å². The van der Waals surface area contributed by atoms with E-state index in [4.69, 9.17) is 5.10 Å². The Bertz CT molecular complexity index is 1110. The molecule has 1 aliphatic heterocycles. The number of para-hydroxylation sites is 1. The molecule has 5 rings (SSSR count). The van der Waals surface area contributed by atoms with Crippen molar-refractivity contribution in [2.45, 2.75) is 20.0 Å². The molecule has 1 N–H and O–H groups in total. The average molecular weight is 351 g/mol. The molecule has 0 radical (unpaired) electrons. The molecule has 2 heterocycles. The first kappa shape index (κ1) is 15.9. The summed E-state index contributed by atoms with van der Waals surface area (Å²) in [6.07, 6.45) is -0.00729. The maximum Gasteiger partial charge on any atom is 0.147 e. The summed E-state index contributed by atoms with van der Waals surface area (Å²) in [6.45, 7) is 4.20. The van der Waals surface area contributed by atoms with Crippen LogP contribution in [0.2, 0.25) is 0 Å². The molecule has 0 aliphatic carbocycles. The molecule has 1 aliphatic rings. The summed E-state index contributed by atoms with van der Waals surface area (Å²) in [7, 11) is 0. The van der Waals surface area contributed by atoms with Crippen molar-refractivity contribution in [2.24, 2.45) is 0 Å². The number of fused-ring (bicyclic) bond motifs is 3. The van der Waals surface area contributed by atoms with Crippen LogP contribution in [0.5, 0.6) is 0 Å². The standard InChI is InChI=1S/C24H21N3/c1-16-7-6-10-21-22-15-17(2)26-27(22)24(25-23(16)21)20-13-11-19(12-14-20)18-8-4-3-5-9-18/h3-15,24-25H,1-2H3/t24-/m0/s1. The van der Waals surface area contributed by atoms with Crippen molar-refractivity contribution in [3.05, 3.63) is 95.7 Å². The third-order valence-electron chi connectivity index (χ3n) is 5.27. The minimum Gasteiger partial charge on any atom is -0.359 e. The van der Waals surface area contributed by atoms with E-state index in [9.17, 15) is 0 Å². The highest BCUT2D eigenvalue weighted by atomic mass is 15.4. The van der Waals surface area contributed by atoms with Crippen molar-refractivity contribution < 1.29 is 0 Å². The van der Waals surface area contributed by atoms with E-state index in [-0.39, 0.29) is 6.17 Å². The van der Waals surface area contributed by atoms with Gasteiger partial charge in [-0.25, -0.2) is 4.68 Å². The van der Waals surface area contributed by atoms with Gasteiger partial charge in [-0.05, 0) is 42.2 Å². The van der Waals surface area contributed by atoms with E-state index in [0.717, 1.165) is 5.69 Å². The fourth-order valence-electron chi connectivity index (χ4n) is 3.90. The third-order valence-corrected chi connectivity index (χ3v) is 5.27. The molecule has 3 heteroatoms. The molecule has 1 aromatic heterocycles. The molecule has 4 aromatic rings. The maximum atomic E-state index is 4.77. The van der Waals surface area contributed by atoms with Gasteiger partial charge in [0.1, 0.15) is 6.17 Å². The van der Waals surface area contributed by atoms with Crippen molar-refractivity contribution >= 4 is 5.69 Å². The lowest BCUT2D eigenvalue weighted by atomic mass is 9.99. The van der Waals surface area contributed by atoms with Gasteiger partial charge in [0.2, 0.25) is 0 Å². The fraction of sp³-hybridized carbons (Fsp3) is 0.125. The van der Waals surface area contributed by atoms with E-state index in [1.54, 1.807) is 0 Å². The lowest BCUT2D eigenvalue weighted by Gasteiger charge is -2.30. The number of aromatic nitrogens is 2. The van der Waals surface area contributed by atoms with Gasteiger partial charge in [0.05, 0.1) is 11.4 Å². The van der Waals surface area contributed by atoms with Gasteiger partial charge in [-0.1, -0.05) is 72.8 Å². The number of aryl methyl sites for hydroxylation is 2. The van der Waals surface area contributed by atoms with Crippen LogP contribution in [0.4, 0.5) is 5.69 Å². The van der Waals surface area contributed by atoms with Crippen LogP contribution in [-0.2, 0) is 0 Å². The molecule has 0 fully saturated rings. The van der Waals surface area contributed by atoms with Gasteiger partial charge < -0.3 is 5.32 Å². The zero-order valence-corrected chi connectivity index (χ0v) is 15.5. The summed E-state index contributed by atoms with van der Waals surface area (Å²) in [5.74, 6) is 0. The molecule has 27 heavy (non-hydrogen) atoms. The molecule has 0 spiro atoms. The second kappa shape index (κ2) is 6.13. The van der Waals surface area contributed by atoms with Crippen LogP contribution in [0.25, 0.3) is 22.4 Å². The van der Waals surface area contributed by atoms with Crippen LogP contribution in [0.1, 0.15) is 23.0 Å². The summed E-state index contributed by atoms with van der Waals surface area (Å²) in [5, 5.41) is 8.48. The zero-order valence-electron chi connectivity index (χ0n) is 15.5. The number of anilines is 1. The highest BCUT2D eigenvalue weighted by molar-refractivity contribution is 5.81. The van der Waals surface area contributed by atoms with Crippen LogP contribution < -0.4 is 5.32 Å². The van der Waals surface area contributed by atoms with Crippen LogP contribution in [-0.4, -0.2) is 9.78 Å². The summed E-state index contributed by atoms with van der Waals surface area (Å²) in [4.78, 5) is 0. The molecule has 0 saturated heterocycles. The van der Waals surface area contributed by atoms with Gasteiger partial charge >= 0.3 is 0 Å². The number of rotatable bonds is 2. The van der Waals surface area contributed by atoms with E-state index in [1.807, 2.05) is 6.07 Å². The minimum atomic E-state index is -0.00729. The topological polar surface area (TPSA) is 29.9 Å². The van der Waals surface area contributed by atoms with Gasteiger partial charge in [0, 0.05) is 11.3 Å². The van der Waals surface area contributed by atoms with Gasteiger partial charge in [0.25, 0.3) is 0 Å². The van der Waals surface area contributed by atoms with Crippen LogP contribution >= 0.6 is 0 Å². The Hall–Kier alpha value is -3.33. The zero-order chi connectivity index (χ0) is 18.4. The molecular formula is C24H21N3. The van der Waals surface area contributed by atoms with Crippen molar-refractivity contribution in [3.8, 4) is 22.4 Å². The Morgan fingerprint density at radius 3 is 2.33 bits per heavy atom. The first-order valence-corrected chi connectivity index (χ1v) is 9.29. The molecular weight excluding hydrogens is 330 g/mol. The Kier molecular flexibility index (Phi) is 3.61. The van der Waals surface area contributed by atoms with Gasteiger partial charge in [-0.15, -0.1) is 0 Å². The highest BCUT2D eigenvalue weighted by Gasteiger charge is 2.27. The molecule has 0 saturated carbocycles. The number of benzene rings is 3. The summed E-state index contributed by atoms with van der Waals surface area (Å²) in [5.41, 5.74) is 9.53. The van der Waals surface area contributed by atoms with Crippen molar-refractivity contribution in [3.63, 3.8) is 0 Å². The van der Waals surface area contributed by atoms with Crippen molar-refractivity contribution in [2.75, 3.05) is 5.32 Å². The lowest BCUT2D eigenvalue weighted by Crippen LogP contribution is -2.26. The molecule has 3 nitrogen and oxygen atoms in total. The SMILES string of the molecule is Cc1cc2n(n1)[C@@H](c1ccc(-c3ccccc3)cc1)Nc1c(C)cccc1-2. The van der Waals surface area contributed by atoms with E-state index >= 15 is 0 Å². The van der Waals surface area contributed by atoms with Crippen LogP contribution in [0.3, 0.4) is 0 Å². The van der Waals surface area contributed by atoms with Gasteiger partial charge in [-0.2, -0.15) is 5.10 Å².